The molecule has 1 unspecified atom stereocenters. The molecular formula is C20H20FN3O2S. The van der Waals surface area contributed by atoms with E-state index in [0.29, 0.717) is 21.7 Å². The minimum absolute atomic E-state index is 0.0769. The lowest BCUT2D eigenvalue weighted by Gasteiger charge is -2.14. The number of amides is 1. The van der Waals surface area contributed by atoms with Crippen LogP contribution in [-0.4, -0.2) is 27.3 Å². The van der Waals surface area contributed by atoms with Gasteiger partial charge < -0.3 is 5.32 Å². The van der Waals surface area contributed by atoms with E-state index in [1.165, 1.54) is 22.8 Å². The van der Waals surface area contributed by atoms with Gasteiger partial charge in [-0.05, 0) is 43.7 Å². The summed E-state index contributed by atoms with van der Waals surface area (Å²) in [4.78, 5) is 29.7. The van der Waals surface area contributed by atoms with Crippen molar-refractivity contribution in [1.82, 2.24) is 14.9 Å². The number of fused-ring (bicyclic) bond motifs is 1. The molecule has 27 heavy (non-hydrogen) atoms. The van der Waals surface area contributed by atoms with Crippen LogP contribution in [0.2, 0.25) is 0 Å². The van der Waals surface area contributed by atoms with Crippen LogP contribution in [0.25, 0.3) is 16.6 Å². The topological polar surface area (TPSA) is 64.0 Å². The van der Waals surface area contributed by atoms with Crippen LogP contribution in [0, 0.1) is 5.82 Å². The molecule has 1 aromatic heterocycles. The van der Waals surface area contributed by atoms with Crippen molar-refractivity contribution >= 4 is 28.6 Å². The molecule has 0 aliphatic rings. The zero-order valence-corrected chi connectivity index (χ0v) is 15.9. The van der Waals surface area contributed by atoms with Gasteiger partial charge in [0.2, 0.25) is 5.91 Å². The second-order valence-electron chi connectivity index (χ2n) is 6.20. The van der Waals surface area contributed by atoms with E-state index in [0.717, 1.165) is 18.2 Å². The molecule has 0 radical (unpaired) electrons. The van der Waals surface area contributed by atoms with E-state index in [-0.39, 0.29) is 23.3 Å². The van der Waals surface area contributed by atoms with E-state index in [1.54, 1.807) is 30.3 Å². The second kappa shape index (κ2) is 8.35. The Morgan fingerprint density at radius 1 is 1.26 bits per heavy atom. The molecule has 140 valence electrons. The maximum Gasteiger partial charge on any atom is 0.266 e. The Morgan fingerprint density at radius 2 is 2.04 bits per heavy atom. The maximum atomic E-state index is 13.7. The van der Waals surface area contributed by atoms with Gasteiger partial charge in [0.25, 0.3) is 5.56 Å². The molecular weight excluding hydrogens is 365 g/mol. The zero-order chi connectivity index (χ0) is 19.4. The Balaban J connectivity index is 2.03. The summed E-state index contributed by atoms with van der Waals surface area (Å²) in [5, 5.41) is 3.68. The van der Waals surface area contributed by atoms with Gasteiger partial charge in [-0.2, -0.15) is 0 Å². The molecule has 5 nitrogen and oxygen atoms in total. The number of hydrogen-bond donors (Lipinski definition) is 1. The number of benzene rings is 2. The highest BCUT2D eigenvalue weighted by atomic mass is 32.2. The minimum atomic E-state index is -0.446. The smallest absolute Gasteiger partial charge is 0.266 e. The van der Waals surface area contributed by atoms with Crippen molar-refractivity contribution in [3.63, 3.8) is 0 Å². The molecule has 7 heteroatoms. The van der Waals surface area contributed by atoms with Crippen LogP contribution in [0.5, 0.6) is 0 Å². The third-order valence-electron chi connectivity index (χ3n) is 4.16. The van der Waals surface area contributed by atoms with Crippen molar-refractivity contribution < 1.29 is 9.18 Å². The van der Waals surface area contributed by atoms with Crippen molar-refractivity contribution in [2.24, 2.45) is 0 Å². The lowest BCUT2D eigenvalue weighted by molar-refractivity contribution is -0.119. The van der Waals surface area contributed by atoms with Crippen LogP contribution in [0.1, 0.15) is 20.3 Å². The third kappa shape index (κ3) is 4.36. The number of thioether (sulfide) groups is 1. The predicted octanol–water partition coefficient (Wildman–Crippen LogP) is 3.53. The molecule has 0 bridgehead atoms. The fourth-order valence-corrected chi connectivity index (χ4v) is 3.42. The SMILES string of the molecule is CCC(C)NC(=O)CSc1nc2ccccc2c(=O)n1-c1cccc(F)c1. The van der Waals surface area contributed by atoms with Gasteiger partial charge in [0.1, 0.15) is 5.82 Å². The molecule has 0 saturated heterocycles. The van der Waals surface area contributed by atoms with Gasteiger partial charge in [-0.25, -0.2) is 9.37 Å². The average molecular weight is 385 g/mol. The highest BCUT2D eigenvalue weighted by molar-refractivity contribution is 7.99. The summed E-state index contributed by atoms with van der Waals surface area (Å²) in [5.41, 5.74) is 0.624. The molecule has 1 N–H and O–H groups in total. The number of nitrogens with one attached hydrogen (secondary N) is 1. The fourth-order valence-electron chi connectivity index (χ4n) is 2.60. The molecule has 1 amide bonds. The monoisotopic (exact) mass is 385 g/mol. The average Bonchev–Trinajstić information content (AvgIpc) is 2.66. The molecule has 0 fully saturated rings. The lowest BCUT2D eigenvalue weighted by atomic mass is 10.2. The van der Waals surface area contributed by atoms with Crippen LogP contribution in [0.4, 0.5) is 4.39 Å². The summed E-state index contributed by atoms with van der Waals surface area (Å²) in [6.07, 6.45) is 0.832. The van der Waals surface area contributed by atoms with E-state index in [9.17, 15) is 14.0 Å². The largest absolute Gasteiger partial charge is 0.353 e. The van der Waals surface area contributed by atoms with Crippen LogP contribution >= 0.6 is 11.8 Å². The number of carbonyl (C=O) groups is 1. The summed E-state index contributed by atoms with van der Waals surface area (Å²) in [6.45, 7) is 3.92. The summed E-state index contributed by atoms with van der Waals surface area (Å²) in [6, 6.07) is 12.8. The maximum absolute atomic E-state index is 13.7. The van der Waals surface area contributed by atoms with Gasteiger partial charge in [-0.1, -0.05) is 36.9 Å². The van der Waals surface area contributed by atoms with E-state index in [4.69, 9.17) is 0 Å². The molecule has 3 aromatic rings. The number of rotatable bonds is 6. The van der Waals surface area contributed by atoms with Gasteiger partial charge in [0, 0.05) is 6.04 Å². The van der Waals surface area contributed by atoms with Gasteiger partial charge in [-0.3, -0.25) is 14.2 Å². The molecule has 1 atom stereocenters. The Kier molecular flexibility index (Phi) is 5.91. The molecule has 3 rings (SSSR count). The Labute approximate surface area is 160 Å². The Bertz CT molecular complexity index is 1040. The molecule has 0 spiro atoms. The van der Waals surface area contributed by atoms with Crippen molar-refractivity contribution in [3.05, 3.63) is 64.7 Å². The van der Waals surface area contributed by atoms with Crippen molar-refractivity contribution in [3.8, 4) is 5.69 Å². The molecule has 2 aromatic carbocycles. The Morgan fingerprint density at radius 3 is 2.78 bits per heavy atom. The molecule has 0 aliphatic heterocycles. The van der Waals surface area contributed by atoms with E-state index >= 15 is 0 Å². The number of hydrogen-bond acceptors (Lipinski definition) is 4. The van der Waals surface area contributed by atoms with Crippen molar-refractivity contribution in [1.29, 1.82) is 0 Å². The first kappa shape index (κ1) is 19.1. The van der Waals surface area contributed by atoms with Crippen LogP contribution < -0.4 is 10.9 Å². The summed E-state index contributed by atoms with van der Waals surface area (Å²) < 4.78 is 15.1. The zero-order valence-electron chi connectivity index (χ0n) is 15.1. The molecule has 0 aliphatic carbocycles. The first-order valence-electron chi connectivity index (χ1n) is 8.69. The number of halogens is 1. The number of carbonyl (C=O) groups excluding carboxylic acids is 1. The second-order valence-corrected chi connectivity index (χ2v) is 7.14. The fraction of sp³-hybridized carbons (Fsp3) is 0.250. The lowest BCUT2D eigenvalue weighted by Crippen LogP contribution is -2.33. The number of aromatic nitrogens is 2. The number of para-hydroxylation sites is 1. The molecule has 0 saturated carbocycles. The van der Waals surface area contributed by atoms with E-state index < -0.39 is 5.82 Å². The Hall–Kier alpha value is -2.67. The standard InChI is InChI=1S/C20H20FN3O2S/c1-3-13(2)22-18(25)12-27-20-23-17-10-5-4-9-16(17)19(26)24(20)15-8-6-7-14(21)11-15/h4-11,13H,3,12H2,1-2H3,(H,22,25). The normalized spacial score (nSPS) is 12.1. The van der Waals surface area contributed by atoms with Gasteiger partial charge in [0.15, 0.2) is 5.16 Å². The third-order valence-corrected chi connectivity index (χ3v) is 5.10. The quantitative estimate of drug-likeness (QED) is 0.521. The molecule has 1 heterocycles. The van der Waals surface area contributed by atoms with Gasteiger partial charge in [-0.15, -0.1) is 0 Å². The minimum Gasteiger partial charge on any atom is -0.353 e. The summed E-state index contributed by atoms with van der Waals surface area (Å²) >= 11 is 1.15. The summed E-state index contributed by atoms with van der Waals surface area (Å²) in [5.74, 6) is -0.467. The highest BCUT2D eigenvalue weighted by Crippen LogP contribution is 2.21. The highest BCUT2D eigenvalue weighted by Gasteiger charge is 2.15. The summed E-state index contributed by atoms with van der Waals surface area (Å²) in [7, 11) is 0. The van der Waals surface area contributed by atoms with E-state index in [2.05, 4.69) is 10.3 Å². The number of nitrogens with zero attached hydrogens (tertiary/aromatic N) is 2. The van der Waals surface area contributed by atoms with Crippen LogP contribution in [0.3, 0.4) is 0 Å². The van der Waals surface area contributed by atoms with Gasteiger partial charge in [0.05, 0.1) is 22.3 Å². The van der Waals surface area contributed by atoms with Crippen molar-refractivity contribution in [2.75, 3.05) is 5.75 Å². The first-order chi connectivity index (χ1) is 13.0. The van der Waals surface area contributed by atoms with Crippen LogP contribution in [-0.2, 0) is 4.79 Å². The first-order valence-corrected chi connectivity index (χ1v) is 9.68. The van der Waals surface area contributed by atoms with Crippen molar-refractivity contribution in [2.45, 2.75) is 31.5 Å². The van der Waals surface area contributed by atoms with E-state index in [1.807, 2.05) is 13.8 Å². The van der Waals surface area contributed by atoms with Gasteiger partial charge >= 0.3 is 0 Å². The van der Waals surface area contributed by atoms with Crippen LogP contribution in [0.15, 0.2) is 58.5 Å². The predicted molar refractivity (Wildman–Crippen MR) is 106 cm³/mol.